The van der Waals surface area contributed by atoms with Gasteiger partial charge in [0.1, 0.15) is 6.04 Å². The molecule has 0 spiro atoms. The zero-order valence-corrected chi connectivity index (χ0v) is 10.7. The highest BCUT2D eigenvalue weighted by molar-refractivity contribution is 5.83. The van der Waals surface area contributed by atoms with E-state index in [2.05, 4.69) is 17.2 Å². The first-order valence-electron chi connectivity index (χ1n) is 5.93. The standard InChI is InChI=1S/C12H20N2O4/c1-4-5-9(10(15)16)13-11(17)14-12(3)6-7-18-8(12)2/h4,8-9H,1,5-7H2,2-3H3,(H,15,16)(H2,13,14,17). The van der Waals surface area contributed by atoms with Gasteiger partial charge in [0.15, 0.2) is 0 Å². The minimum absolute atomic E-state index is 0.0917. The van der Waals surface area contributed by atoms with Gasteiger partial charge < -0.3 is 20.5 Å². The lowest BCUT2D eigenvalue weighted by Gasteiger charge is -2.29. The van der Waals surface area contributed by atoms with Crippen LogP contribution in [0.3, 0.4) is 0 Å². The summed E-state index contributed by atoms with van der Waals surface area (Å²) in [5, 5.41) is 14.1. The number of rotatable bonds is 5. The van der Waals surface area contributed by atoms with Crippen molar-refractivity contribution < 1.29 is 19.4 Å². The summed E-state index contributed by atoms with van der Waals surface area (Å²) >= 11 is 0. The van der Waals surface area contributed by atoms with Crippen LogP contribution in [0, 0.1) is 0 Å². The molecule has 1 fully saturated rings. The average molecular weight is 256 g/mol. The molecule has 0 bridgehead atoms. The maximum absolute atomic E-state index is 11.8. The molecule has 0 aliphatic carbocycles. The second kappa shape index (κ2) is 5.86. The summed E-state index contributed by atoms with van der Waals surface area (Å²) < 4.78 is 5.39. The fourth-order valence-corrected chi connectivity index (χ4v) is 1.84. The molecule has 1 rings (SSSR count). The van der Waals surface area contributed by atoms with Crippen molar-refractivity contribution in [1.82, 2.24) is 10.6 Å². The Hall–Kier alpha value is -1.56. The zero-order chi connectivity index (χ0) is 13.8. The van der Waals surface area contributed by atoms with Gasteiger partial charge in [-0.1, -0.05) is 6.08 Å². The van der Waals surface area contributed by atoms with Crippen molar-refractivity contribution >= 4 is 12.0 Å². The molecular formula is C12H20N2O4. The largest absolute Gasteiger partial charge is 0.480 e. The summed E-state index contributed by atoms with van der Waals surface area (Å²) in [5.41, 5.74) is -0.457. The number of carboxylic acid groups (broad SMARTS) is 1. The molecule has 2 amide bonds. The molecule has 0 aromatic carbocycles. The normalized spacial score (nSPS) is 28.4. The molecule has 3 N–H and O–H groups in total. The van der Waals surface area contributed by atoms with Crippen LogP contribution >= 0.6 is 0 Å². The first-order valence-corrected chi connectivity index (χ1v) is 5.93. The number of nitrogens with one attached hydrogen (secondary N) is 2. The van der Waals surface area contributed by atoms with Crippen LogP contribution in [0.5, 0.6) is 0 Å². The molecule has 1 aliphatic rings. The summed E-state index contributed by atoms with van der Waals surface area (Å²) in [6, 6.07) is -1.45. The Kier molecular flexibility index (Phi) is 4.72. The van der Waals surface area contributed by atoms with Gasteiger partial charge in [-0.05, 0) is 26.7 Å². The molecule has 1 heterocycles. The van der Waals surface area contributed by atoms with Crippen molar-refractivity contribution in [3.05, 3.63) is 12.7 Å². The number of urea groups is 1. The highest BCUT2D eigenvalue weighted by Crippen LogP contribution is 2.24. The van der Waals surface area contributed by atoms with Crippen LogP contribution in [0.4, 0.5) is 4.79 Å². The minimum atomic E-state index is -1.08. The van der Waals surface area contributed by atoms with E-state index in [1.54, 1.807) is 0 Å². The Bertz CT molecular complexity index is 345. The second-order valence-corrected chi connectivity index (χ2v) is 4.69. The van der Waals surface area contributed by atoms with Crippen LogP contribution in [-0.2, 0) is 9.53 Å². The van der Waals surface area contributed by atoms with Crippen molar-refractivity contribution in [3.8, 4) is 0 Å². The van der Waals surface area contributed by atoms with Crippen LogP contribution < -0.4 is 10.6 Å². The maximum Gasteiger partial charge on any atom is 0.326 e. The quantitative estimate of drug-likeness (QED) is 0.637. The van der Waals surface area contributed by atoms with E-state index < -0.39 is 23.6 Å². The van der Waals surface area contributed by atoms with Gasteiger partial charge in [0.05, 0.1) is 11.6 Å². The van der Waals surface area contributed by atoms with E-state index in [1.807, 2.05) is 13.8 Å². The van der Waals surface area contributed by atoms with Crippen molar-refractivity contribution in [2.45, 2.75) is 44.4 Å². The van der Waals surface area contributed by atoms with Gasteiger partial charge in [0.2, 0.25) is 0 Å². The van der Waals surface area contributed by atoms with E-state index in [9.17, 15) is 9.59 Å². The Morgan fingerprint density at radius 2 is 2.33 bits per heavy atom. The molecule has 0 radical (unpaired) electrons. The molecule has 6 nitrogen and oxygen atoms in total. The SMILES string of the molecule is C=CCC(NC(=O)NC1(C)CCOC1C)C(=O)O. The van der Waals surface area contributed by atoms with E-state index in [0.717, 1.165) is 0 Å². The third-order valence-electron chi connectivity index (χ3n) is 3.29. The molecule has 1 aliphatic heterocycles. The molecule has 0 aromatic rings. The fraction of sp³-hybridized carbons (Fsp3) is 0.667. The maximum atomic E-state index is 11.8. The second-order valence-electron chi connectivity index (χ2n) is 4.69. The molecule has 6 heteroatoms. The van der Waals surface area contributed by atoms with E-state index in [0.29, 0.717) is 13.0 Å². The molecule has 3 unspecified atom stereocenters. The van der Waals surface area contributed by atoms with Crippen LogP contribution in [0.25, 0.3) is 0 Å². The van der Waals surface area contributed by atoms with Gasteiger partial charge in [-0.25, -0.2) is 9.59 Å². The summed E-state index contributed by atoms with van der Waals surface area (Å²) in [6.07, 6.45) is 2.26. The van der Waals surface area contributed by atoms with Crippen molar-refractivity contribution in [2.75, 3.05) is 6.61 Å². The van der Waals surface area contributed by atoms with Gasteiger partial charge >= 0.3 is 12.0 Å². The van der Waals surface area contributed by atoms with E-state index in [1.165, 1.54) is 6.08 Å². The fourth-order valence-electron chi connectivity index (χ4n) is 1.84. The number of hydrogen-bond donors (Lipinski definition) is 3. The number of carbonyl (C=O) groups is 2. The molecule has 3 atom stereocenters. The smallest absolute Gasteiger partial charge is 0.326 e. The van der Waals surface area contributed by atoms with Crippen LogP contribution in [0.15, 0.2) is 12.7 Å². The monoisotopic (exact) mass is 256 g/mol. The Morgan fingerprint density at radius 3 is 2.78 bits per heavy atom. The third-order valence-corrected chi connectivity index (χ3v) is 3.29. The van der Waals surface area contributed by atoms with Gasteiger partial charge in [0.25, 0.3) is 0 Å². The van der Waals surface area contributed by atoms with Crippen molar-refractivity contribution in [1.29, 1.82) is 0 Å². The summed E-state index contributed by atoms with van der Waals surface area (Å²) in [4.78, 5) is 22.7. The highest BCUT2D eigenvalue weighted by Gasteiger charge is 2.38. The van der Waals surface area contributed by atoms with Crippen molar-refractivity contribution in [3.63, 3.8) is 0 Å². The first-order chi connectivity index (χ1) is 8.39. The number of hydrogen-bond acceptors (Lipinski definition) is 3. The third kappa shape index (κ3) is 3.46. The predicted octanol–water partition coefficient (Wildman–Crippen LogP) is 0.882. The number of aliphatic carboxylic acids is 1. The molecule has 1 saturated heterocycles. The molecule has 0 saturated carbocycles. The molecule has 18 heavy (non-hydrogen) atoms. The topological polar surface area (TPSA) is 87.7 Å². The first kappa shape index (κ1) is 14.5. The summed E-state index contributed by atoms with van der Waals surface area (Å²) in [5.74, 6) is -1.08. The van der Waals surface area contributed by atoms with Crippen molar-refractivity contribution in [2.24, 2.45) is 0 Å². The molecule has 102 valence electrons. The van der Waals surface area contributed by atoms with Gasteiger partial charge in [-0.15, -0.1) is 6.58 Å². The Morgan fingerprint density at radius 1 is 1.67 bits per heavy atom. The Labute approximate surface area is 106 Å². The predicted molar refractivity (Wildman–Crippen MR) is 66.3 cm³/mol. The number of carboxylic acids is 1. The zero-order valence-electron chi connectivity index (χ0n) is 10.7. The summed E-state index contributed by atoms with van der Waals surface area (Å²) in [7, 11) is 0. The van der Waals surface area contributed by atoms with E-state index >= 15 is 0 Å². The highest BCUT2D eigenvalue weighted by atomic mass is 16.5. The van der Waals surface area contributed by atoms with Crippen LogP contribution in [-0.4, -0.2) is 41.4 Å². The number of amides is 2. The lowest BCUT2D eigenvalue weighted by Crippen LogP contribution is -2.56. The lowest BCUT2D eigenvalue weighted by atomic mass is 9.95. The Balaban J connectivity index is 2.54. The van der Waals surface area contributed by atoms with Gasteiger partial charge in [-0.2, -0.15) is 0 Å². The molecule has 0 aromatic heterocycles. The van der Waals surface area contributed by atoms with Gasteiger partial charge in [0, 0.05) is 6.61 Å². The summed E-state index contributed by atoms with van der Waals surface area (Å²) in [6.45, 7) is 7.82. The number of carbonyl (C=O) groups excluding carboxylic acids is 1. The van der Waals surface area contributed by atoms with E-state index in [4.69, 9.17) is 9.84 Å². The van der Waals surface area contributed by atoms with Crippen LogP contribution in [0.1, 0.15) is 26.7 Å². The molecular weight excluding hydrogens is 236 g/mol. The van der Waals surface area contributed by atoms with Crippen LogP contribution in [0.2, 0.25) is 0 Å². The lowest BCUT2D eigenvalue weighted by molar-refractivity contribution is -0.139. The number of ether oxygens (including phenoxy) is 1. The average Bonchev–Trinajstić information content (AvgIpc) is 2.58. The minimum Gasteiger partial charge on any atom is -0.480 e. The van der Waals surface area contributed by atoms with E-state index in [-0.39, 0.29) is 12.5 Å². The van der Waals surface area contributed by atoms with Gasteiger partial charge in [-0.3, -0.25) is 0 Å².